The number of carboxylic acid groups (broad SMARTS) is 1. The van der Waals surface area contributed by atoms with Gasteiger partial charge in [0.2, 0.25) is 0 Å². The minimum Gasteiger partial charge on any atom is -0.478 e. The Bertz CT molecular complexity index is 834. The monoisotopic (exact) mass is 293 g/mol. The molecule has 0 aliphatic carbocycles. The average molecular weight is 293 g/mol. The van der Waals surface area contributed by atoms with Gasteiger partial charge in [0.1, 0.15) is 0 Å². The predicted molar refractivity (Wildman–Crippen MR) is 85.8 cm³/mol. The topological polar surface area (TPSA) is 66.4 Å². The highest BCUT2D eigenvalue weighted by molar-refractivity contribution is 6.35. The largest absolute Gasteiger partial charge is 0.478 e. The van der Waals surface area contributed by atoms with E-state index in [9.17, 15) is 9.59 Å². The number of carboxylic acids is 1. The van der Waals surface area contributed by atoms with E-state index >= 15 is 0 Å². The highest BCUT2D eigenvalue weighted by Crippen LogP contribution is 2.34. The summed E-state index contributed by atoms with van der Waals surface area (Å²) in [7, 11) is 0. The third-order valence-electron chi connectivity index (χ3n) is 3.77. The summed E-state index contributed by atoms with van der Waals surface area (Å²) in [5, 5.41) is 11.9. The number of hydrogen-bond acceptors (Lipinski definition) is 2. The molecule has 4 heteroatoms. The molecule has 110 valence electrons. The molecule has 0 radical (unpaired) electrons. The standard InChI is InChI=1S/C18H15NO3/c1-10-3-4-12(11(2)7-10)8-15-14-9-13(18(21)22)5-6-16(14)19-17(15)20/h3-9H,1-2H3,(H,19,20)(H,21,22)/b15-8+. The molecule has 3 rings (SSSR count). The third kappa shape index (κ3) is 2.39. The molecule has 0 unspecified atom stereocenters. The van der Waals surface area contributed by atoms with Crippen LogP contribution in [-0.2, 0) is 4.79 Å². The Morgan fingerprint density at radius 2 is 1.91 bits per heavy atom. The molecule has 1 amide bonds. The Labute approximate surface area is 128 Å². The summed E-state index contributed by atoms with van der Waals surface area (Å²) in [4.78, 5) is 23.3. The Hall–Kier alpha value is -2.88. The van der Waals surface area contributed by atoms with E-state index in [4.69, 9.17) is 5.11 Å². The van der Waals surface area contributed by atoms with Gasteiger partial charge >= 0.3 is 5.97 Å². The second kappa shape index (κ2) is 5.15. The normalized spacial score (nSPS) is 14.8. The van der Waals surface area contributed by atoms with Crippen molar-refractivity contribution in [3.05, 3.63) is 64.2 Å². The van der Waals surface area contributed by atoms with Crippen molar-refractivity contribution in [2.75, 3.05) is 5.32 Å². The fraction of sp³-hybridized carbons (Fsp3) is 0.111. The van der Waals surface area contributed by atoms with Gasteiger partial charge in [-0.15, -0.1) is 0 Å². The Balaban J connectivity index is 2.13. The number of benzene rings is 2. The highest BCUT2D eigenvalue weighted by Gasteiger charge is 2.25. The molecule has 0 aromatic heterocycles. The van der Waals surface area contributed by atoms with Crippen molar-refractivity contribution in [1.29, 1.82) is 0 Å². The van der Waals surface area contributed by atoms with Gasteiger partial charge in [-0.2, -0.15) is 0 Å². The van der Waals surface area contributed by atoms with Crippen molar-refractivity contribution in [2.24, 2.45) is 0 Å². The lowest BCUT2D eigenvalue weighted by Gasteiger charge is -2.04. The van der Waals surface area contributed by atoms with Crippen LogP contribution in [0.4, 0.5) is 5.69 Å². The fourth-order valence-corrected chi connectivity index (χ4v) is 2.61. The molecule has 0 atom stereocenters. The molecule has 4 nitrogen and oxygen atoms in total. The van der Waals surface area contributed by atoms with Crippen molar-refractivity contribution in [3.8, 4) is 0 Å². The van der Waals surface area contributed by atoms with E-state index < -0.39 is 5.97 Å². The van der Waals surface area contributed by atoms with Crippen LogP contribution in [0.5, 0.6) is 0 Å². The molecule has 2 N–H and O–H groups in total. The predicted octanol–water partition coefficient (Wildman–Crippen LogP) is 3.49. The molecular formula is C18H15NO3. The maximum atomic E-state index is 12.2. The van der Waals surface area contributed by atoms with Crippen LogP contribution in [0.1, 0.15) is 32.6 Å². The van der Waals surface area contributed by atoms with Crippen LogP contribution in [-0.4, -0.2) is 17.0 Å². The lowest BCUT2D eigenvalue weighted by molar-refractivity contribution is -0.110. The molecule has 1 aliphatic rings. The molecule has 2 aromatic rings. The number of hydrogen-bond donors (Lipinski definition) is 2. The van der Waals surface area contributed by atoms with Gasteiger partial charge in [-0.3, -0.25) is 4.79 Å². The molecule has 0 saturated carbocycles. The molecule has 1 aliphatic heterocycles. The first-order valence-corrected chi connectivity index (χ1v) is 6.94. The molecule has 2 aromatic carbocycles. The molecule has 0 bridgehead atoms. The number of anilines is 1. The third-order valence-corrected chi connectivity index (χ3v) is 3.77. The number of aryl methyl sites for hydroxylation is 2. The van der Waals surface area contributed by atoms with Crippen molar-refractivity contribution in [3.63, 3.8) is 0 Å². The summed E-state index contributed by atoms with van der Waals surface area (Å²) in [5.74, 6) is -1.22. The molecule has 1 heterocycles. The highest BCUT2D eigenvalue weighted by atomic mass is 16.4. The van der Waals surface area contributed by atoms with Gasteiger partial charge in [0.05, 0.1) is 5.56 Å². The maximum absolute atomic E-state index is 12.2. The lowest BCUT2D eigenvalue weighted by Crippen LogP contribution is -2.03. The van der Waals surface area contributed by atoms with E-state index in [1.165, 1.54) is 12.1 Å². The zero-order valence-corrected chi connectivity index (χ0v) is 12.3. The van der Waals surface area contributed by atoms with Gasteiger partial charge in [0.15, 0.2) is 0 Å². The number of carbonyl (C=O) groups is 2. The quantitative estimate of drug-likeness (QED) is 0.833. The van der Waals surface area contributed by atoms with Crippen molar-refractivity contribution >= 4 is 29.2 Å². The Kier molecular flexibility index (Phi) is 3.29. The van der Waals surface area contributed by atoms with E-state index in [0.29, 0.717) is 16.8 Å². The fourth-order valence-electron chi connectivity index (χ4n) is 2.61. The zero-order chi connectivity index (χ0) is 15.9. The second-order valence-corrected chi connectivity index (χ2v) is 5.44. The Morgan fingerprint density at radius 1 is 1.14 bits per heavy atom. The van der Waals surface area contributed by atoms with Crippen molar-refractivity contribution in [1.82, 2.24) is 0 Å². The van der Waals surface area contributed by atoms with E-state index in [0.717, 1.165) is 16.7 Å². The van der Waals surface area contributed by atoms with Gasteiger partial charge in [0, 0.05) is 16.8 Å². The van der Waals surface area contributed by atoms with Gasteiger partial charge in [-0.05, 0) is 49.2 Å². The van der Waals surface area contributed by atoms with Gasteiger partial charge in [-0.25, -0.2) is 4.79 Å². The molecule has 0 saturated heterocycles. The van der Waals surface area contributed by atoms with Gasteiger partial charge in [-0.1, -0.05) is 23.8 Å². The summed E-state index contributed by atoms with van der Waals surface area (Å²) in [6.07, 6.45) is 1.81. The smallest absolute Gasteiger partial charge is 0.335 e. The number of amides is 1. The Morgan fingerprint density at radius 3 is 2.59 bits per heavy atom. The first kappa shape index (κ1) is 14.1. The summed E-state index contributed by atoms with van der Waals surface area (Å²) < 4.78 is 0. The first-order valence-electron chi connectivity index (χ1n) is 6.94. The number of fused-ring (bicyclic) bond motifs is 1. The molecule has 0 fully saturated rings. The van der Waals surface area contributed by atoms with E-state index in [1.807, 2.05) is 38.1 Å². The van der Waals surface area contributed by atoms with Crippen LogP contribution in [0.2, 0.25) is 0 Å². The molecule has 22 heavy (non-hydrogen) atoms. The van der Waals surface area contributed by atoms with Crippen LogP contribution in [0.3, 0.4) is 0 Å². The number of aromatic carboxylic acids is 1. The van der Waals surface area contributed by atoms with Crippen LogP contribution in [0.15, 0.2) is 36.4 Å². The average Bonchev–Trinajstić information content (AvgIpc) is 2.77. The summed E-state index contributed by atoms with van der Waals surface area (Å²) in [6, 6.07) is 10.6. The SMILES string of the molecule is Cc1ccc(/C=C2/C(=O)Nc3ccc(C(=O)O)cc32)c(C)c1. The number of rotatable bonds is 2. The number of carbonyl (C=O) groups excluding carboxylic acids is 1. The minimum atomic E-state index is -1.01. The van der Waals surface area contributed by atoms with Crippen LogP contribution >= 0.6 is 0 Å². The number of nitrogens with one attached hydrogen (secondary N) is 1. The van der Waals surface area contributed by atoms with E-state index in [1.54, 1.807) is 6.07 Å². The van der Waals surface area contributed by atoms with Crippen LogP contribution in [0, 0.1) is 13.8 Å². The lowest BCUT2D eigenvalue weighted by atomic mass is 9.99. The summed E-state index contributed by atoms with van der Waals surface area (Å²) >= 11 is 0. The maximum Gasteiger partial charge on any atom is 0.335 e. The minimum absolute atomic E-state index is 0.168. The van der Waals surface area contributed by atoms with Gasteiger partial charge < -0.3 is 10.4 Å². The summed E-state index contributed by atoms with van der Waals surface area (Å²) in [5.41, 5.74) is 5.11. The molecule has 0 spiro atoms. The van der Waals surface area contributed by atoms with Crippen molar-refractivity contribution < 1.29 is 14.7 Å². The summed E-state index contributed by atoms with van der Waals surface area (Å²) in [6.45, 7) is 4.00. The van der Waals surface area contributed by atoms with Crippen LogP contribution in [0.25, 0.3) is 11.6 Å². The molecular weight excluding hydrogens is 278 g/mol. The van der Waals surface area contributed by atoms with E-state index in [2.05, 4.69) is 5.32 Å². The first-order chi connectivity index (χ1) is 10.5. The van der Waals surface area contributed by atoms with E-state index in [-0.39, 0.29) is 11.5 Å². The van der Waals surface area contributed by atoms with Crippen LogP contribution < -0.4 is 5.32 Å². The zero-order valence-electron chi connectivity index (χ0n) is 12.3. The second-order valence-electron chi connectivity index (χ2n) is 5.44. The van der Waals surface area contributed by atoms with Gasteiger partial charge in [0.25, 0.3) is 5.91 Å². The van der Waals surface area contributed by atoms with Crippen molar-refractivity contribution in [2.45, 2.75) is 13.8 Å².